The number of H-pyrrole nitrogens is 1. The zero-order valence-corrected chi connectivity index (χ0v) is 20.6. The van der Waals surface area contributed by atoms with Crippen LogP contribution in [0.25, 0.3) is 0 Å². The van der Waals surface area contributed by atoms with Gasteiger partial charge in [-0.2, -0.15) is 0 Å². The highest BCUT2D eigenvalue weighted by atomic mass is 35.5. The van der Waals surface area contributed by atoms with Gasteiger partial charge in [-0.15, -0.1) is 0 Å². The smallest absolute Gasteiger partial charge is 0.319 e. The molecule has 188 valence electrons. The molecule has 37 heavy (non-hydrogen) atoms. The van der Waals surface area contributed by atoms with Gasteiger partial charge in [-0.25, -0.2) is 9.78 Å². The number of hydrogen-bond acceptors (Lipinski definition) is 5. The van der Waals surface area contributed by atoms with E-state index in [0.29, 0.717) is 17.2 Å². The molecule has 2 heterocycles. The number of amides is 3. The van der Waals surface area contributed by atoms with Crippen LogP contribution in [0.1, 0.15) is 57.4 Å². The molecule has 0 bridgehead atoms. The number of imide groups is 1. The van der Waals surface area contributed by atoms with Crippen LogP contribution in [0.2, 0.25) is 5.02 Å². The number of urea groups is 1. The van der Waals surface area contributed by atoms with Gasteiger partial charge in [0.25, 0.3) is 5.91 Å². The van der Waals surface area contributed by atoms with Crippen molar-refractivity contribution in [2.24, 2.45) is 5.73 Å². The number of primary amides is 1. The van der Waals surface area contributed by atoms with Crippen molar-refractivity contribution >= 4 is 23.5 Å². The number of carbonyl (C=O) groups excluding carboxylic acids is 2. The third-order valence-electron chi connectivity index (χ3n) is 6.43. The molecule has 8 nitrogen and oxygen atoms in total. The summed E-state index contributed by atoms with van der Waals surface area (Å²) in [4.78, 5) is 31.7. The average Bonchev–Trinajstić information content (AvgIpc) is 3.44. The van der Waals surface area contributed by atoms with Crippen LogP contribution in [0.15, 0.2) is 85.3 Å². The molecule has 1 aromatic heterocycles. The Morgan fingerprint density at radius 1 is 1.08 bits per heavy atom. The highest BCUT2D eigenvalue weighted by Gasteiger charge is 2.34. The SMILES string of the molecule is NC(=O)NC(=O)c1cccc2c1O[C@H](c1ccc(Cl)cc1)CC2NC(Cc1ccccc1)c1cnc[nH]1. The summed E-state index contributed by atoms with van der Waals surface area (Å²) >= 11 is 6.12. The second-order valence-electron chi connectivity index (χ2n) is 8.90. The van der Waals surface area contributed by atoms with Crippen molar-refractivity contribution in [3.63, 3.8) is 0 Å². The molecule has 0 saturated heterocycles. The summed E-state index contributed by atoms with van der Waals surface area (Å²) < 4.78 is 6.40. The standard InChI is InChI=1S/C28H26ClN5O3/c29-19-11-9-18(10-12-19)25-14-22(20-7-4-8-21(26(20)37-25)27(35)34-28(30)36)33-23(24-15-31-16-32-24)13-17-5-2-1-3-6-17/h1-12,15-16,22-23,25,33H,13-14H2,(H,31,32)(H3,30,34,35,36)/t22?,23?,25-/m0/s1. The molecule has 1 aliphatic heterocycles. The van der Waals surface area contributed by atoms with Crippen molar-refractivity contribution in [1.29, 1.82) is 0 Å². The lowest BCUT2D eigenvalue weighted by Gasteiger charge is -2.36. The van der Waals surface area contributed by atoms with Crippen LogP contribution in [0.5, 0.6) is 5.75 Å². The first kappa shape index (κ1) is 24.5. The van der Waals surface area contributed by atoms with Gasteiger partial charge in [-0.3, -0.25) is 10.1 Å². The number of imidazole rings is 1. The summed E-state index contributed by atoms with van der Waals surface area (Å²) in [5, 5.41) is 6.55. The van der Waals surface area contributed by atoms with Gasteiger partial charge in [0.05, 0.1) is 23.6 Å². The normalized spacial score (nSPS) is 17.3. The number of ether oxygens (including phenoxy) is 1. The molecule has 3 atom stereocenters. The third-order valence-corrected chi connectivity index (χ3v) is 6.69. The van der Waals surface area contributed by atoms with Crippen molar-refractivity contribution < 1.29 is 14.3 Å². The van der Waals surface area contributed by atoms with E-state index >= 15 is 0 Å². The first-order valence-corrected chi connectivity index (χ1v) is 12.3. The number of nitrogens with one attached hydrogen (secondary N) is 3. The van der Waals surface area contributed by atoms with Gasteiger partial charge >= 0.3 is 6.03 Å². The Balaban J connectivity index is 1.53. The van der Waals surface area contributed by atoms with Crippen molar-refractivity contribution in [3.05, 3.63) is 118 Å². The fourth-order valence-electron chi connectivity index (χ4n) is 4.70. The molecule has 5 N–H and O–H groups in total. The summed E-state index contributed by atoms with van der Waals surface area (Å²) in [5.41, 5.74) is 9.32. The van der Waals surface area contributed by atoms with Gasteiger partial charge in [0.15, 0.2) is 0 Å². The molecule has 0 fully saturated rings. The number of aromatic amines is 1. The summed E-state index contributed by atoms with van der Waals surface area (Å²) in [6.07, 6.45) is 4.45. The van der Waals surface area contributed by atoms with E-state index in [1.807, 2.05) is 54.7 Å². The zero-order valence-electron chi connectivity index (χ0n) is 19.9. The lowest BCUT2D eigenvalue weighted by Crippen LogP contribution is -2.37. The fourth-order valence-corrected chi connectivity index (χ4v) is 4.82. The first-order chi connectivity index (χ1) is 18.0. The van der Waals surface area contributed by atoms with Gasteiger partial charge in [0.2, 0.25) is 0 Å². The number of fused-ring (bicyclic) bond motifs is 1. The Kier molecular flexibility index (Phi) is 7.20. The minimum atomic E-state index is -0.926. The van der Waals surface area contributed by atoms with E-state index in [1.54, 1.807) is 18.5 Å². The number of aromatic nitrogens is 2. The number of hydrogen-bond donors (Lipinski definition) is 4. The van der Waals surface area contributed by atoms with Crippen molar-refractivity contribution in [2.45, 2.75) is 31.0 Å². The maximum Gasteiger partial charge on any atom is 0.319 e. The van der Waals surface area contributed by atoms with E-state index in [0.717, 1.165) is 23.2 Å². The summed E-state index contributed by atoms with van der Waals surface area (Å²) in [5.74, 6) is -0.206. The molecule has 0 radical (unpaired) electrons. The predicted molar refractivity (Wildman–Crippen MR) is 140 cm³/mol. The minimum absolute atomic E-state index is 0.0881. The topological polar surface area (TPSA) is 122 Å². The molecule has 2 unspecified atom stereocenters. The lowest BCUT2D eigenvalue weighted by atomic mass is 9.90. The Bertz CT molecular complexity index is 1380. The minimum Gasteiger partial charge on any atom is -0.484 e. The van der Waals surface area contributed by atoms with E-state index in [9.17, 15) is 9.59 Å². The molecule has 3 amide bonds. The monoisotopic (exact) mass is 515 g/mol. The number of carbonyl (C=O) groups is 2. The van der Waals surface area contributed by atoms with E-state index < -0.39 is 11.9 Å². The largest absolute Gasteiger partial charge is 0.484 e. The van der Waals surface area contributed by atoms with Gasteiger partial charge < -0.3 is 20.8 Å². The van der Waals surface area contributed by atoms with Gasteiger partial charge in [-0.1, -0.05) is 66.2 Å². The first-order valence-electron chi connectivity index (χ1n) is 11.9. The van der Waals surface area contributed by atoms with E-state index in [1.165, 1.54) is 5.56 Å². The van der Waals surface area contributed by atoms with Crippen LogP contribution in [0, 0.1) is 0 Å². The summed E-state index contributed by atoms with van der Waals surface area (Å²) in [7, 11) is 0. The van der Waals surface area contributed by atoms with E-state index in [-0.39, 0.29) is 23.8 Å². The van der Waals surface area contributed by atoms with Crippen LogP contribution < -0.4 is 21.1 Å². The molecule has 0 spiro atoms. The zero-order chi connectivity index (χ0) is 25.8. The molecule has 9 heteroatoms. The Morgan fingerprint density at radius 2 is 1.86 bits per heavy atom. The molecule has 4 aromatic rings. The fraction of sp³-hybridized carbons (Fsp3) is 0.179. The van der Waals surface area contributed by atoms with Crippen LogP contribution in [0.3, 0.4) is 0 Å². The number of benzene rings is 3. The van der Waals surface area contributed by atoms with Crippen LogP contribution in [-0.2, 0) is 6.42 Å². The van der Waals surface area contributed by atoms with E-state index in [4.69, 9.17) is 22.1 Å². The van der Waals surface area contributed by atoms with Gasteiger partial charge in [-0.05, 0) is 35.7 Å². The van der Waals surface area contributed by atoms with Crippen LogP contribution >= 0.6 is 11.6 Å². The molecule has 5 rings (SSSR count). The quantitative estimate of drug-likeness (QED) is 0.275. The average molecular weight is 516 g/mol. The molecule has 1 aliphatic rings. The molecule has 0 aliphatic carbocycles. The number of nitrogens with two attached hydrogens (primary N) is 1. The highest BCUT2D eigenvalue weighted by molar-refractivity contribution is 6.30. The van der Waals surface area contributed by atoms with Crippen LogP contribution in [-0.4, -0.2) is 21.9 Å². The van der Waals surface area contributed by atoms with Gasteiger partial charge in [0, 0.05) is 29.2 Å². The molecular weight excluding hydrogens is 490 g/mol. The lowest BCUT2D eigenvalue weighted by molar-refractivity contribution is 0.0949. The van der Waals surface area contributed by atoms with Crippen molar-refractivity contribution in [1.82, 2.24) is 20.6 Å². The second kappa shape index (κ2) is 10.9. The molecule has 0 saturated carbocycles. The van der Waals surface area contributed by atoms with Gasteiger partial charge in [0.1, 0.15) is 11.9 Å². The number of rotatable bonds is 7. The number of nitrogens with zero attached hydrogens (tertiary/aromatic N) is 1. The van der Waals surface area contributed by atoms with Crippen molar-refractivity contribution in [2.75, 3.05) is 0 Å². The third kappa shape index (κ3) is 5.66. The Labute approximate surface area is 219 Å². The Hall–Kier alpha value is -4.14. The molecular formula is C28H26ClN5O3. The Morgan fingerprint density at radius 3 is 2.57 bits per heavy atom. The second-order valence-corrected chi connectivity index (χ2v) is 9.34. The number of halogens is 1. The summed E-state index contributed by atoms with van der Waals surface area (Å²) in [6.45, 7) is 0. The van der Waals surface area contributed by atoms with E-state index in [2.05, 4.69) is 32.7 Å². The number of para-hydroxylation sites is 1. The maximum absolute atomic E-state index is 12.8. The predicted octanol–water partition coefficient (Wildman–Crippen LogP) is 5.01. The molecule has 3 aromatic carbocycles. The van der Waals surface area contributed by atoms with Crippen molar-refractivity contribution in [3.8, 4) is 5.75 Å². The maximum atomic E-state index is 12.8. The summed E-state index contributed by atoms with van der Waals surface area (Å²) in [6, 6.07) is 21.8. The highest BCUT2D eigenvalue weighted by Crippen LogP contribution is 2.44. The van der Waals surface area contributed by atoms with Crippen LogP contribution in [0.4, 0.5) is 4.79 Å².